The zero-order chi connectivity index (χ0) is 22.0. The van der Waals surface area contributed by atoms with Gasteiger partial charge in [0.1, 0.15) is 11.8 Å². The van der Waals surface area contributed by atoms with Crippen molar-refractivity contribution in [3.8, 4) is 5.75 Å². The molecule has 8 heteroatoms. The predicted octanol–water partition coefficient (Wildman–Crippen LogP) is 4.25. The maximum Gasteiger partial charge on any atom is 0.224 e. The van der Waals surface area contributed by atoms with Crippen molar-refractivity contribution >= 4 is 34.6 Å². The number of aromatic nitrogens is 2. The molecule has 1 saturated heterocycles. The van der Waals surface area contributed by atoms with E-state index in [1.165, 1.54) is 0 Å². The predicted molar refractivity (Wildman–Crippen MR) is 125 cm³/mol. The number of hydrogen-bond acceptors (Lipinski definition) is 4. The highest BCUT2D eigenvalue weighted by molar-refractivity contribution is 7.80. The standard InChI is InChI=1S/C23H25N5O2S/c1-4-20(29)26-16-11-9-15(13-19(16)30-3)28-22(18-10-8-14(2)25-18)21(27-23(28)31)17-7-5-6-12-24-17/h5-13,21-22,25H,4H2,1-3H3,(H,26,29)(H,27,31)/t21-,22-/m0/s1. The molecule has 1 aliphatic rings. The number of carbonyl (C=O) groups is 1. The van der Waals surface area contributed by atoms with Gasteiger partial charge in [-0.25, -0.2) is 0 Å². The van der Waals surface area contributed by atoms with E-state index in [0.29, 0.717) is 23.0 Å². The quantitative estimate of drug-likeness (QED) is 0.502. The molecule has 0 bridgehead atoms. The molecule has 1 fully saturated rings. The Balaban J connectivity index is 1.76. The molecule has 160 valence electrons. The molecule has 4 rings (SSSR count). The Labute approximate surface area is 186 Å². The normalized spacial score (nSPS) is 18.0. The first-order valence-corrected chi connectivity index (χ1v) is 10.6. The van der Waals surface area contributed by atoms with E-state index in [9.17, 15) is 4.79 Å². The topological polar surface area (TPSA) is 82.3 Å². The van der Waals surface area contributed by atoms with Gasteiger partial charge in [0.05, 0.1) is 24.5 Å². The molecular formula is C23H25N5O2S. The van der Waals surface area contributed by atoms with Crippen LogP contribution in [0.1, 0.15) is 42.5 Å². The van der Waals surface area contributed by atoms with Gasteiger partial charge < -0.3 is 25.3 Å². The minimum Gasteiger partial charge on any atom is -0.494 e. The average molecular weight is 436 g/mol. The Morgan fingerprint density at radius 3 is 2.74 bits per heavy atom. The van der Waals surface area contributed by atoms with Gasteiger partial charge in [-0.05, 0) is 55.5 Å². The number of H-pyrrole nitrogens is 1. The van der Waals surface area contributed by atoms with Gasteiger partial charge in [-0.2, -0.15) is 0 Å². The minimum absolute atomic E-state index is 0.0700. The molecule has 1 amide bonds. The van der Waals surface area contributed by atoms with Crippen molar-refractivity contribution in [2.24, 2.45) is 0 Å². The van der Waals surface area contributed by atoms with Crippen LogP contribution in [0.25, 0.3) is 0 Å². The van der Waals surface area contributed by atoms with Crippen molar-refractivity contribution in [1.82, 2.24) is 15.3 Å². The number of anilines is 2. The van der Waals surface area contributed by atoms with Crippen molar-refractivity contribution in [1.29, 1.82) is 0 Å². The Bertz CT molecular complexity index is 1100. The lowest BCUT2D eigenvalue weighted by molar-refractivity contribution is -0.115. The average Bonchev–Trinajstić information content (AvgIpc) is 3.37. The third-order valence-corrected chi connectivity index (χ3v) is 5.64. The van der Waals surface area contributed by atoms with E-state index in [0.717, 1.165) is 22.8 Å². The van der Waals surface area contributed by atoms with Gasteiger partial charge in [0.25, 0.3) is 0 Å². The molecule has 3 aromatic rings. The summed E-state index contributed by atoms with van der Waals surface area (Å²) in [4.78, 5) is 21.9. The van der Waals surface area contributed by atoms with Crippen LogP contribution in [0.15, 0.2) is 54.7 Å². The van der Waals surface area contributed by atoms with E-state index in [-0.39, 0.29) is 18.0 Å². The van der Waals surface area contributed by atoms with Crippen molar-refractivity contribution in [2.45, 2.75) is 32.4 Å². The summed E-state index contributed by atoms with van der Waals surface area (Å²) in [5.74, 6) is 0.504. The summed E-state index contributed by atoms with van der Waals surface area (Å²) in [6.45, 7) is 3.84. The molecule has 1 aliphatic heterocycles. The lowest BCUT2D eigenvalue weighted by atomic mass is 10.0. The highest BCUT2D eigenvalue weighted by Crippen LogP contribution is 2.42. The van der Waals surface area contributed by atoms with Crippen molar-refractivity contribution in [3.63, 3.8) is 0 Å². The number of aromatic amines is 1. The number of nitrogens with one attached hydrogen (secondary N) is 3. The second-order valence-corrected chi connectivity index (χ2v) is 7.77. The van der Waals surface area contributed by atoms with Gasteiger partial charge in [0.15, 0.2) is 5.11 Å². The van der Waals surface area contributed by atoms with Gasteiger partial charge in [-0.3, -0.25) is 9.78 Å². The fraction of sp³-hybridized carbons (Fsp3) is 0.261. The zero-order valence-corrected chi connectivity index (χ0v) is 18.5. The van der Waals surface area contributed by atoms with Crippen LogP contribution in [0.5, 0.6) is 5.75 Å². The zero-order valence-electron chi connectivity index (χ0n) is 17.7. The lowest BCUT2D eigenvalue weighted by Crippen LogP contribution is -2.29. The third-order valence-electron chi connectivity index (χ3n) is 5.33. The van der Waals surface area contributed by atoms with Crippen LogP contribution < -0.4 is 20.3 Å². The van der Waals surface area contributed by atoms with Gasteiger partial charge in [0.2, 0.25) is 5.91 Å². The molecule has 0 spiro atoms. The molecule has 31 heavy (non-hydrogen) atoms. The third kappa shape index (κ3) is 4.11. The largest absolute Gasteiger partial charge is 0.494 e. The van der Waals surface area contributed by atoms with Crippen molar-refractivity contribution in [2.75, 3.05) is 17.3 Å². The summed E-state index contributed by atoms with van der Waals surface area (Å²) in [5, 5.41) is 6.91. The summed E-state index contributed by atoms with van der Waals surface area (Å²) < 4.78 is 5.56. The fourth-order valence-electron chi connectivity index (χ4n) is 3.82. The van der Waals surface area contributed by atoms with E-state index in [4.69, 9.17) is 17.0 Å². The molecule has 0 saturated carbocycles. The first-order valence-electron chi connectivity index (χ1n) is 10.2. The van der Waals surface area contributed by atoms with Crippen LogP contribution in [-0.4, -0.2) is 28.1 Å². The Morgan fingerprint density at radius 2 is 2.10 bits per heavy atom. The molecule has 2 atom stereocenters. The summed E-state index contributed by atoms with van der Waals surface area (Å²) >= 11 is 5.75. The van der Waals surface area contributed by atoms with Crippen molar-refractivity contribution in [3.05, 3.63) is 71.8 Å². The summed E-state index contributed by atoms with van der Waals surface area (Å²) in [7, 11) is 1.59. The van der Waals surface area contributed by atoms with E-state index in [2.05, 4.69) is 31.6 Å². The van der Waals surface area contributed by atoms with E-state index in [1.54, 1.807) is 13.3 Å². The van der Waals surface area contributed by atoms with Crippen LogP contribution in [0, 0.1) is 6.92 Å². The molecule has 7 nitrogen and oxygen atoms in total. The molecular weight excluding hydrogens is 410 g/mol. The highest BCUT2D eigenvalue weighted by atomic mass is 32.1. The number of pyridine rings is 1. The fourth-order valence-corrected chi connectivity index (χ4v) is 4.16. The van der Waals surface area contributed by atoms with Crippen LogP contribution in [0.2, 0.25) is 0 Å². The van der Waals surface area contributed by atoms with Crippen molar-refractivity contribution < 1.29 is 9.53 Å². The molecule has 0 unspecified atom stereocenters. The number of nitrogens with zero attached hydrogens (tertiary/aromatic N) is 2. The van der Waals surface area contributed by atoms with Crippen LogP contribution in [0.4, 0.5) is 11.4 Å². The van der Waals surface area contributed by atoms with Crippen LogP contribution in [0.3, 0.4) is 0 Å². The number of hydrogen-bond donors (Lipinski definition) is 3. The minimum atomic E-state index is -0.128. The van der Waals surface area contributed by atoms with Gasteiger partial charge in [0, 0.05) is 35.8 Å². The summed E-state index contributed by atoms with van der Waals surface area (Å²) in [6, 6.07) is 15.4. The molecule has 0 aliphatic carbocycles. The van der Waals surface area contributed by atoms with Gasteiger partial charge in [-0.1, -0.05) is 13.0 Å². The number of thiocarbonyl (C=S) groups is 1. The highest BCUT2D eigenvalue weighted by Gasteiger charge is 2.41. The number of benzene rings is 1. The molecule has 1 aromatic carbocycles. The molecule has 3 heterocycles. The lowest BCUT2D eigenvalue weighted by Gasteiger charge is -2.27. The van der Waals surface area contributed by atoms with E-state index in [1.807, 2.05) is 56.3 Å². The maximum absolute atomic E-state index is 11.9. The van der Waals surface area contributed by atoms with Crippen LogP contribution >= 0.6 is 12.2 Å². The number of aryl methyl sites for hydroxylation is 1. The summed E-state index contributed by atoms with van der Waals surface area (Å²) in [6.07, 6.45) is 2.18. The first kappa shape index (κ1) is 20.9. The molecule has 2 aromatic heterocycles. The number of carbonyl (C=O) groups excluding carboxylic acids is 1. The number of amides is 1. The number of ether oxygens (including phenoxy) is 1. The van der Waals surface area contributed by atoms with Gasteiger partial charge >= 0.3 is 0 Å². The Hall–Kier alpha value is -3.39. The summed E-state index contributed by atoms with van der Waals surface area (Å²) in [5.41, 5.74) is 4.50. The molecule has 3 N–H and O–H groups in total. The SMILES string of the molecule is CCC(=O)Nc1ccc(N2C(=S)N[C@@H](c3ccccn3)[C@@H]2c2ccc(C)[nH]2)cc1OC. The first-order chi connectivity index (χ1) is 15.0. The van der Waals surface area contributed by atoms with Crippen LogP contribution in [-0.2, 0) is 4.79 Å². The second-order valence-electron chi connectivity index (χ2n) is 7.38. The number of rotatable bonds is 6. The van der Waals surface area contributed by atoms with Gasteiger partial charge in [-0.15, -0.1) is 0 Å². The van der Waals surface area contributed by atoms with E-state index >= 15 is 0 Å². The maximum atomic E-state index is 11.9. The Morgan fingerprint density at radius 1 is 1.26 bits per heavy atom. The Kier molecular flexibility index (Phi) is 5.90. The second kappa shape index (κ2) is 8.77. The van der Waals surface area contributed by atoms with E-state index < -0.39 is 0 Å². The number of methoxy groups -OCH3 is 1. The molecule has 0 radical (unpaired) electrons. The smallest absolute Gasteiger partial charge is 0.224 e. The monoisotopic (exact) mass is 435 g/mol.